The van der Waals surface area contributed by atoms with Gasteiger partial charge in [0.1, 0.15) is 6.61 Å². The van der Waals surface area contributed by atoms with Crippen molar-refractivity contribution in [2.45, 2.75) is 25.9 Å². The van der Waals surface area contributed by atoms with Crippen molar-refractivity contribution < 1.29 is 19.0 Å². The summed E-state index contributed by atoms with van der Waals surface area (Å²) in [7, 11) is 1.68. The van der Waals surface area contributed by atoms with Crippen LogP contribution in [0.1, 0.15) is 19.8 Å². The number of amides is 1. The van der Waals surface area contributed by atoms with Crippen LogP contribution in [0.25, 0.3) is 0 Å². The van der Waals surface area contributed by atoms with Crippen LogP contribution in [0.4, 0.5) is 0 Å². The number of fused-ring (bicyclic) bond motifs is 1. The van der Waals surface area contributed by atoms with Gasteiger partial charge in [0, 0.05) is 26.8 Å². The van der Waals surface area contributed by atoms with Gasteiger partial charge in [-0.3, -0.25) is 4.79 Å². The fourth-order valence-electron chi connectivity index (χ4n) is 3.63. The number of likely N-dealkylation sites (N-methyl/N-ethyl adjacent to an activating group) is 1. The van der Waals surface area contributed by atoms with E-state index in [2.05, 4.69) is 5.32 Å². The summed E-state index contributed by atoms with van der Waals surface area (Å²) in [6, 6.07) is 7.66. The number of halogens is 1. The van der Waals surface area contributed by atoms with Crippen LogP contribution in [0.15, 0.2) is 24.3 Å². The molecular formula is C19H29ClN2O4. The zero-order valence-electron chi connectivity index (χ0n) is 15.5. The van der Waals surface area contributed by atoms with E-state index < -0.39 is 0 Å². The van der Waals surface area contributed by atoms with Gasteiger partial charge >= 0.3 is 0 Å². The molecule has 6 nitrogen and oxygen atoms in total. The summed E-state index contributed by atoms with van der Waals surface area (Å²) in [5.41, 5.74) is -0.362. The number of hydrogen-bond acceptors (Lipinski definition) is 5. The van der Waals surface area contributed by atoms with Crippen LogP contribution in [-0.2, 0) is 9.53 Å². The van der Waals surface area contributed by atoms with Crippen LogP contribution >= 0.6 is 12.4 Å². The third kappa shape index (κ3) is 4.42. The summed E-state index contributed by atoms with van der Waals surface area (Å²) in [4.78, 5) is 15.2. The highest BCUT2D eigenvalue weighted by atomic mass is 35.5. The molecule has 146 valence electrons. The number of methoxy groups -OCH3 is 1. The average molecular weight is 385 g/mol. The quantitative estimate of drug-likeness (QED) is 0.780. The van der Waals surface area contributed by atoms with Crippen LogP contribution in [-0.4, -0.2) is 63.4 Å². The maximum Gasteiger partial charge on any atom is 0.230 e. The second-order valence-corrected chi connectivity index (χ2v) is 6.79. The minimum atomic E-state index is -0.362. The summed E-state index contributed by atoms with van der Waals surface area (Å²) in [6.07, 6.45) is 1.46. The Bertz CT molecular complexity index is 593. The molecule has 0 radical (unpaired) electrons. The van der Waals surface area contributed by atoms with Gasteiger partial charge in [0.25, 0.3) is 0 Å². The molecule has 3 rings (SSSR count). The summed E-state index contributed by atoms with van der Waals surface area (Å²) in [6.45, 7) is 5.88. The van der Waals surface area contributed by atoms with Crippen molar-refractivity contribution >= 4 is 18.3 Å². The standard InChI is InChI=1S/C19H28N2O4.ClH/c1-3-21(18(22)19(9-11-23-2)8-10-20-14-19)12-15-13-24-16-6-4-5-7-17(16)25-15;/h4-7,15,20H,3,8-14H2,1-2H3;1H. The monoisotopic (exact) mass is 384 g/mol. The van der Waals surface area contributed by atoms with Crippen LogP contribution in [0.2, 0.25) is 0 Å². The van der Waals surface area contributed by atoms with Gasteiger partial charge in [0.2, 0.25) is 5.91 Å². The van der Waals surface area contributed by atoms with Crippen molar-refractivity contribution in [1.29, 1.82) is 0 Å². The zero-order chi connectivity index (χ0) is 17.7. The molecule has 1 aromatic rings. The molecule has 7 heteroatoms. The Morgan fingerprint density at radius 3 is 2.81 bits per heavy atom. The number of ether oxygens (including phenoxy) is 3. The molecule has 2 unspecified atom stereocenters. The Morgan fingerprint density at radius 2 is 2.15 bits per heavy atom. The molecule has 0 aromatic heterocycles. The average Bonchev–Trinajstić information content (AvgIpc) is 3.14. The molecule has 2 atom stereocenters. The highest BCUT2D eigenvalue weighted by Gasteiger charge is 2.43. The number of nitrogens with one attached hydrogen (secondary N) is 1. The van der Waals surface area contributed by atoms with Gasteiger partial charge in [-0.25, -0.2) is 0 Å². The van der Waals surface area contributed by atoms with Gasteiger partial charge in [-0.1, -0.05) is 12.1 Å². The van der Waals surface area contributed by atoms with Gasteiger partial charge in [-0.05, 0) is 38.4 Å². The topological polar surface area (TPSA) is 60.0 Å². The minimum absolute atomic E-state index is 0. The van der Waals surface area contributed by atoms with E-state index in [4.69, 9.17) is 14.2 Å². The van der Waals surface area contributed by atoms with Crippen molar-refractivity contribution in [3.05, 3.63) is 24.3 Å². The molecule has 0 aliphatic carbocycles. The van der Waals surface area contributed by atoms with E-state index in [9.17, 15) is 4.79 Å². The van der Waals surface area contributed by atoms with Gasteiger partial charge in [-0.2, -0.15) is 0 Å². The fraction of sp³-hybridized carbons (Fsp3) is 0.632. The van der Waals surface area contributed by atoms with Crippen LogP contribution in [0.3, 0.4) is 0 Å². The summed E-state index contributed by atoms with van der Waals surface area (Å²) < 4.78 is 17.1. The number of hydrogen-bond donors (Lipinski definition) is 1. The molecule has 0 bridgehead atoms. The Kier molecular flexibility index (Phi) is 7.55. The molecule has 1 amide bonds. The lowest BCUT2D eigenvalue weighted by molar-refractivity contribution is -0.143. The highest BCUT2D eigenvalue weighted by Crippen LogP contribution is 2.34. The minimum Gasteiger partial charge on any atom is -0.486 e. The highest BCUT2D eigenvalue weighted by molar-refractivity contribution is 5.85. The number of carbonyl (C=O) groups excluding carboxylic acids is 1. The molecule has 1 aromatic carbocycles. The molecule has 2 aliphatic rings. The van der Waals surface area contributed by atoms with Crippen molar-refractivity contribution in [2.24, 2.45) is 5.41 Å². The van der Waals surface area contributed by atoms with Crippen LogP contribution in [0, 0.1) is 5.41 Å². The summed E-state index contributed by atoms with van der Waals surface area (Å²) in [5.74, 6) is 1.71. The molecule has 0 saturated carbocycles. The SMILES string of the molecule is CCN(CC1COc2ccccc2O1)C(=O)C1(CCOC)CCNC1.Cl. The third-order valence-electron chi connectivity index (χ3n) is 5.14. The van der Waals surface area contributed by atoms with Gasteiger partial charge in [-0.15, -0.1) is 12.4 Å². The van der Waals surface area contributed by atoms with E-state index in [-0.39, 0.29) is 29.8 Å². The molecule has 26 heavy (non-hydrogen) atoms. The van der Waals surface area contributed by atoms with Gasteiger partial charge in [0.05, 0.1) is 12.0 Å². The molecule has 1 N–H and O–H groups in total. The van der Waals surface area contributed by atoms with E-state index in [1.165, 1.54) is 0 Å². The summed E-state index contributed by atoms with van der Waals surface area (Å²) in [5, 5.41) is 3.34. The lowest BCUT2D eigenvalue weighted by atomic mass is 9.82. The largest absolute Gasteiger partial charge is 0.486 e. The number of carbonyl (C=O) groups is 1. The first-order valence-electron chi connectivity index (χ1n) is 9.06. The smallest absolute Gasteiger partial charge is 0.230 e. The lowest BCUT2D eigenvalue weighted by Crippen LogP contribution is -2.50. The Labute approximate surface area is 161 Å². The predicted octanol–water partition coefficient (Wildman–Crippen LogP) is 2.11. The first-order valence-corrected chi connectivity index (χ1v) is 9.06. The molecule has 2 aliphatic heterocycles. The van der Waals surface area contributed by atoms with Gasteiger partial charge < -0.3 is 24.4 Å². The predicted molar refractivity (Wildman–Crippen MR) is 102 cm³/mol. The zero-order valence-corrected chi connectivity index (χ0v) is 16.3. The third-order valence-corrected chi connectivity index (χ3v) is 5.14. The lowest BCUT2D eigenvalue weighted by Gasteiger charge is -2.36. The normalized spacial score (nSPS) is 24.0. The number of rotatable bonds is 7. The summed E-state index contributed by atoms with van der Waals surface area (Å²) >= 11 is 0. The van der Waals surface area contributed by atoms with E-state index in [0.717, 1.165) is 37.4 Å². The molecule has 1 fully saturated rings. The van der Waals surface area contributed by atoms with E-state index in [1.807, 2.05) is 36.1 Å². The second-order valence-electron chi connectivity index (χ2n) is 6.79. The van der Waals surface area contributed by atoms with E-state index in [1.54, 1.807) is 7.11 Å². The van der Waals surface area contributed by atoms with Crippen molar-refractivity contribution in [3.8, 4) is 11.5 Å². The molecule has 1 saturated heterocycles. The van der Waals surface area contributed by atoms with Crippen LogP contribution < -0.4 is 14.8 Å². The van der Waals surface area contributed by atoms with Crippen molar-refractivity contribution in [2.75, 3.05) is 46.5 Å². The number of nitrogens with zero attached hydrogens (tertiary/aromatic N) is 1. The Balaban J connectivity index is 0.00000243. The fourth-order valence-corrected chi connectivity index (χ4v) is 3.63. The maximum atomic E-state index is 13.3. The first kappa shape index (κ1) is 20.8. The maximum absolute atomic E-state index is 13.3. The van der Waals surface area contributed by atoms with Crippen molar-refractivity contribution in [1.82, 2.24) is 10.2 Å². The first-order chi connectivity index (χ1) is 12.2. The van der Waals surface area contributed by atoms with E-state index in [0.29, 0.717) is 26.3 Å². The van der Waals surface area contributed by atoms with Crippen molar-refractivity contribution in [3.63, 3.8) is 0 Å². The second kappa shape index (κ2) is 9.44. The Hall–Kier alpha value is -1.50. The Morgan fingerprint density at radius 1 is 1.38 bits per heavy atom. The number of para-hydroxylation sites is 2. The molecule has 0 spiro atoms. The van der Waals surface area contributed by atoms with Gasteiger partial charge in [0.15, 0.2) is 17.6 Å². The molecular weight excluding hydrogens is 356 g/mol. The molecule has 2 heterocycles. The number of benzene rings is 1. The van der Waals surface area contributed by atoms with Crippen LogP contribution in [0.5, 0.6) is 11.5 Å². The van der Waals surface area contributed by atoms with E-state index >= 15 is 0 Å².